The average Bonchev–Trinajstić information content (AvgIpc) is 2.36. The standard InChI is InChI=1S/C17H25N/c1-13-9-14(2)11-17(10-13)15(3)18-12-16-7-5-4-6-8-16/h4-5,9-11,15-16,18H,6-8,12H2,1-3H3. The van der Waals surface area contributed by atoms with Crippen molar-refractivity contribution in [2.75, 3.05) is 6.54 Å². The van der Waals surface area contributed by atoms with Crippen molar-refractivity contribution < 1.29 is 0 Å². The van der Waals surface area contributed by atoms with E-state index in [2.05, 4.69) is 56.4 Å². The lowest BCUT2D eigenvalue weighted by Gasteiger charge is -2.22. The summed E-state index contributed by atoms with van der Waals surface area (Å²) in [5.74, 6) is 0.823. The summed E-state index contributed by atoms with van der Waals surface area (Å²) in [5, 5.41) is 3.69. The number of aryl methyl sites for hydroxylation is 2. The van der Waals surface area contributed by atoms with Crippen LogP contribution in [0.4, 0.5) is 0 Å². The van der Waals surface area contributed by atoms with Gasteiger partial charge in [0.05, 0.1) is 0 Å². The maximum atomic E-state index is 3.69. The molecule has 2 rings (SSSR count). The highest BCUT2D eigenvalue weighted by Crippen LogP contribution is 2.20. The Morgan fingerprint density at radius 3 is 2.50 bits per heavy atom. The van der Waals surface area contributed by atoms with E-state index in [1.807, 2.05) is 0 Å². The molecule has 0 amide bonds. The van der Waals surface area contributed by atoms with Crippen molar-refractivity contribution in [3.63, 3.8) is 0 Å². The van der Waals surface area contributed by atoms with E-state index in [9.17, 15) is 0 Å². The van der Waals surface area contributed by atoms with Crippen LogP contribution >= 0.6 is 0 Å². The third kappa shape index (κ3) is 3.71. The van der Waals surface area contributed by atoms with Crippen LogP contribution in [0.2, 0.25) is 0 Å². The molecule has 0 bridgehead atoms. The first kappa shape index (κ1) is 13.4. The second-order valence-electron chi connectivity index (χ2n) is 5.70. The number of hydrogen-bond acceptors (Lipinski definition) is 1. The SMILES string of the molecule is Cc1cc(C)cc(C(C)NCC2CC=CCC2)c1. The molecule has 0 fully saturated rings. The van der Waals surface area contributed by atoms with E-state index >= 15 is 0 Å². The highest BCUT2D eigenvalue weighted by Gasteiger charge is 2.12. The zero-order valence-corrected chi connectivity index (χ0v) is 11.9. The van der Waals surface area contributed by atoms with Crippen LogP contribution in [0.15, 0.2) is 30.4 Å². The molecule has 0 aromatic heterocycles. The maximum absolute atomic E-state index is 3.69. The molecule has 0 radical (unpaired) electrons. The minimum atomic E-state index is 0.453. The third-order valence-electron chi connectivity index (χ3n) is 3.83. The number of rotatable bonds is 4. The second-order valence-corrected chi connectivity index (χ2v) is 5.70. The molecule has 18 heavy (non-hydrogen) atoms. The Labute approximate surface area is 111 Å². The maximum Gasteiger partial charge on any atom is 0.0292 e. The normalized spacial score (nSPS) is 20.9. The van der Waals surface area contributed by atoms with Gasteiger partial charge in [0.2, 0.25) is 0 Å². The molecule has 0 aliphatic heterocycles. The number of allylic oxidation sites excluding steroid dienone is 2. The Bertz CT molecular complexity index is 399. The quantitative estimate of drug-likeness (QED) is 0.777. The van der Waals surface area contributed by atoms with Crippen molar-refractivity contribution in [1.29, 1.82) is 0 Å². The van der Waals surface area contributed by atoms with Crippen molar-refractivity contribution >= 4 is 0 Å². The van der Waals surface area contributed by atoms with Crippen LogP contribution in [0.5, 0.6) is 0 Å². The van der Waals surface area contributed by atoms with E-state index in [1.165, 1.54) is 36.0 Å². The molecule has 1 N–H and O–H groups in total. The van der Waals surface area contributed by atoms with Crippen LogP contribution in [-0.4, -0.2) is 6.54 Å². The molecule has 0 spiro atoms. The lowest BCUT2D eigenvalue weighted by Crippen LogP contribution is -2.26. The van der Waals surface area contributed by atoms with E-state index in [1.54, 1.807) is 0 Å². The van der Waals surface area contributed by atoms with Gasteiger partial charge in [0.15, 0.2) is 0 Å². The van der Waals surface area contributed by atoms with Gasteiger partial charge in [-0.25, -0.2) is 0 Å². The molecule has 2 unspecified atom stereocenters. The Morgan fingerprint density at radius 2 is 1.89 bits per heavy atom. The van der Waals surface area contributed by atoms with Gasteiger partial charge < -0.3 is 5.32 Å². The molecule has 98 valence electrons. The second kappa shape index (κ2) is 6.19. The van der Waals surface area contributed by atoms with E-state index in [-0.39, 0.29) is 0 Å². The molecular formula is C17H25N. The summed E-state index contributed by atoms with van der Waals surface area (Å²) in [6, 6.07) is 7.29. The highest BCUT2D eigenvalue weighted by atomic mass is 14.9. The van der Waals surface area contributed by atoms with Gasteiger partial charge in [-0.1, -0.05) is 41.5 Å². The molecule has 1 aliphatic carbocycles. The van der Waals surface area contributed by atoms with Gasteiger partial charge in [0, 0.05) is 6.04 Å². The first-order valence-corrected chi connectivity index (χ1v) is 7.11. The van der Waals surface area contributed by atoms with Crippen molar-refractivity contribution in [3.8, 4) is 0 Å². The highest BCUT2D eigenvalue weighted by molar-refractivity contribution is 5.30. The van der Waals surface area contributed by atoms with E-state index in [0.717, 1.165) is 12.5 Å². The molecule has 0 saturated heterocycles. The predicted octanol–water partition coefficient (Wildman–Crippen LogP) is 4.31. The van der Waals surface area contributed by atoms with E-state index < -0.39 is 0 Å². The first-order valence-electron chi connectivity index (χ1n) is 7.11. The number of nitrogens with one attached hydrogen (secondary N) is 1. The van der Waals surface area contributed by atoms with Gasteiger partial charge in [0.25, 0.3) is 0 Å². The van der Waals surface area contributed by atoms with Crippen LogP contribution in [0.1, 0.15) is 48.9 Å². The lowest BCUT2D eigenvalue weighted by atomic mass is 9.94. The molecular weight excluding hydrogens is 218 g/mol. The van der Waals surface area contributed by atoms with Crippen LogP contribution in [0.25, 0.3) is 0 Å². The summed E-state index contributed by atoms with van der Waals surface area (Å²) in [4.78, 5) is 0. The first-order chi connectivity index (χ1) is 8.65. The Balaban J connectivity index is 1.90. The van der Waals surface area contributed by atoms with Gasteiger partial charge in [-0.3, -0.25) is 0 Å². The fourth-order valence-corrected chi connectivity index (χ4v) is 2.76. The molecule has 1 aromatic carbocycles. The van der Waals surface area contributed by atoms with Crippen molar-refractivity contribution in [2.24, 2.45) is 5.92 Å². The zero-order chi connectivity index (χ0) is 13.0. The van der Waals surface area contributed by atoms with E-state index in [0.29, 0.717) is 6.04 Å². The van der Waals surface area contributed by atoms with Gasteiger partial charge in [-0.2, -0.15) is 0 Å². The molecule has 0 saturated carbocycles. The zero-order valence-electron chi connectivity index (χ0n) is 11.9. The van der Waals surface area contributed by atoms with Crippen molar-refractivity contribution in [2.45, 2.75) is 46.1 Å². The van der Waals surface area contributed by atoms with Gasteiger partial charge in [-0.05, 0) is 58.1 Å². The number of benzene rings is 1. The molecule has 2 atom stereocenters. The summed E-state index contributed by atoms with van der Waals surface area (Å²) >= 11 is 0. The fraction of sp³-hybridized carbons (Fsp3) is 0.529. The predicted molar refractivity (Wildman–Crippen MR) is 78.8 cm³/mol. The fourth-order valence-electron chi connectivity index (χ4n) is 2.76. The Morgan fingerprint density at radius 1 is 1.17 bits per heavy atom. The van der Waals surface area contributed by atoms with Crippen molar-refractivity contribution in [1.82, 2.24) is 5.32 Å². The molecule has 1 aliphatic rings. The minimum absolute atomic E-state index is 0.453. The minimum Gasteiger partial charge on any atom is -0.310 e. The molecule has 1 heteroatoms. The lowest BCUT2D eigenvalue weighted by molar-refractivity contribution is 0.415. The molecule has 1 nitrogen and oxygen atoms in total. The average molecular weight is 243 g/mol. The monoisotopic (exact) mass is 243 g/mol. The van der Waals surface area contributed by atoms with Crippen LogP contribution in [0, 0.1) is 19.8 Å². The summed E-state index contributed by atoms with van der Waals surface area (Å²) in [6.45, 7) is 7.76. The molecule has 1 aromatic rings. The van der Waals surface area contributed by atoms with Crippen LogP contribution in [0.3, 0.4) is 0 Å². The Hall–Kier alpha value is -1.08. The summed E-state index contributed by atoms with van der Waals surface area (Å²) in [6.07, 6.45) is 8.47. The molecule has 0 heterocycles. The smallest absolute Gasteiger partial charge is 0.0292 e. The van der Waals surface area contributed by atoms with Crippen LogP contribution in [-0.2, 0) is 0 Å². The largest absolute Gasteiger partial charge is 0.310 e. The number of hydrogen-bond donors (Lipinski definition) is 1. The van der Waals surface area contributed by atoms with Crippen molar-refractivity contribution in [3.05, 3.63) is 47.0 Å². The third-order valence-corrected chi connectivity index (χ3v) is 3.83. The summed E-state index contributed by atoms with van der Waals surface area (Å²) in [5.41, 5.74) is 4.14. The topological polar surface area (TPSA) is 12.0 Å². The van der Waals surface area contributed by atoms with Gasteiger partial charge in [-0.15, -0.1) is 0 Å². The van der Waals surface area contributed by atoms with E-state index in [4.69, 9.17) is 0 Å². The van der Waals surface area contributed by atoms with Gasteiger partial charge in [0.1, 0.15) is 0 Å². The van der Waals surface area contributed by atoms with Gasteiger partial charge >= 0.3 is 0 Å². The Kier molecular flexibility index (Phi) is 4.60. The summed E-state index contributed by atoms with van der Waals surface area (Å²) < 4.78 is 0. The summed E-state index contributed by atoms with van der Waals surface area (Å²) in [7, 11) is 0. The van der Waals surface area contributed by atoms with Crippen LogP contribution < -0.4 is 5.32 Å².